The van der Waals surface area contributed by atoms with E-state index in [-0.39, 0.29) is 12.2 Å². The van der Waals surface area contributed by atoms with Gasteiger partial charge in [-0.2, -0.15) is 0 Å². The first-order valence-electron chi connectivity index (χ1n) is 4.98. The van der Waals surface area contributed by atoms with Crippen molar-refractivity contribution in [1.82, 2.24) is 0 Å². The molecule has 0 saturated heterocycles. The molecule has 0 fully saturated rings. The third-order valence-corrected chi connectivity index (χ3v) is 2.04. The molecule has 0 aromatic carbocycles. The third kappa shape index (κ3) is 2.61. The van der Waals surface area contributed by atoms with Gasteiger partial charge < -0.3 is 14.6 Å². The van der Waals surface area contributed by atoms with Crippen LogP contribution in [0.5, 0.6) is 0 Å². The minimum absolute atomic E-state index is 0.0678. The molecule has 0 aromatic rings. The fourth-order valence-corrected chi connectivity index (χ4v) is 1.25. The molecular weight excluding hydrogens is 212 g/mol. The van der Waals surface area contributed by atoms with Crippen LogP contribution in [0.25, 0.3) is 0 Å². The Balaban J connectivity index is 2.85. The lowest BCUT2D eigenvalue weighted by molar-refractivity contribution is -0.173. The Hall–Kier alpha value is -1.36. The lowest BCUT2D eigenvalue weighted by Crippen LogP contribution is -2.44. The molecule has 1 atom stereocenters. The molecule has 1 aliphatic heterocycles. The summed E-state index contributed by atoms with van der Waals surface area (Å²) in [5, 5.41) is 9.97. The summed E-state index contributed by atoms with van der Waals surface area (Å²) in [6.07, 6.45) is 1.38. The Morgan fingerprint density at radius 1 is 1.44 bits per heavy atom. The normalized spacial score (nSPS) is 19.8. The number of hydrogen-bond donors (Lipinski definition) is 1. The van der Waals surface area contributed by atoms with Crippen molar-refractivity contribution in [2.75, 3.05) is 6.61 Å². The number of rotatable bonds is 2. The molecule has 5 nitrogen and oxygen atoms in total. The molecule has 0 unspecified atom stereocenters. The molecule has 1 rings (SSSR count). The molecule has 0 aromatic heterocycles. The molecule has 0 spiro atoms. The number of esters is 2. The van der Waals surface area contributed by atoms with Gasteiger partial charge in [0.15, 0.2) is 5.60 Å². The molecular formula is C11H16O5. The van der Waals surface area contributed by atoms with Gasteiger partial charge in [-0.25, -0.2) is 9.59 Å². The van der Waals surface area contributed by atoms with Gasteiger partial charge in [-0.15, -0.1) is 0 Å². The Labute approximate surface area is 94.0 Å². The predicted molar refractivity (Wildman–Crippen MR) is 55.5 cm³/mol. The van der Waals surface area contributed by atoms with E-state index in [0.29, 0.717) is 0 Å². The minimum atomic E-state index is -1.96. The van der Waals surface area contributed by atoms with Crippen molar-refractivity contribution in [3.8, 4) is 0 Å². The highest BCUT2D eigenvalue weighted by Crippen LogP contribution is 2.25. The second-order valence-electron chi connectivity index (χ2n) is 4.79. The minimum Gasteiger partial charge on any atom is -0.458 e. The van der Waals surface area contributed by atoms with Crippen LogP contribution in [-0.2, 0) is 19.1 Å². The number of carbonyl (C=O) groups excluding carboxylic acids is 2. The van der Waals surface area contributed by atoms with Gasteiger partial charge in [-0.3, -0.25) is 0 Å². The smallest absolute Gasteiger partial charge is 0.343 e. The van der Waals surface area contributed by atoms with Crippen LogP contribution >= 0.6 is 0 Å². The summed E-state index contributed by atoms with van der Waals surface area (Å²) in [6.45, 7) is 6.35. The van der Waals surface area contributed by atoms with E-state index in [0.717, 1.165) is 0 Å². The van der Waals surface area contributed by atoms with E-state index in [9.17, 15) is 14.7 Å². The number of aliphatic hydroxyl groups is 1. The lowest BCUT2D eigenvalue weighted by atomic mass is 9.96. The van der Waals surface area contributed by atoms with Crippen LogP contribution in [0.2, 0.25) is 0 Å². The van der Waals surface area contributed by atoms with Crippen LogP contribution < -0.4 is 0 Å². The van der Waals surface area contributed by atoms with Crippen LogP contribution in [0.15, 0.2) is 11.6 Å². The molecule has 1 aliphatic rings. The van der Waals surface area contributed by atoms with Crippen molar-refractivity contribution >= 4 is 11.9 Å². The molecule has 1 N–H and O–H groups in total. The Morgan fingerprint density at radius 2 is 2.00 bits per heavy atom. The van der Waals surface area contributed by atoms with Crippen molar-refractivity contribution in [2.24, 2.45) is 0 Å². The summed E-state index contributed by atoms with van der Waals surface area (Å²) in [7, 11) is 0. The van der Waals surface area contributed by atoms with E-state index in [2.05, 4.69) is 4.74 Å². The van der Waals surface area contributed by atoms with E-state index >= 15 is 0 Å². The van der Waals surface area contributed by atoms with E-state index < -0.39 is 23.1 Å². The van der Waals surface area contributed by atoms with Crippen LogP contribution in [0.3, 0.4) is 0 Å². The third-order valence-electron chi connectivity index (χ3n) is 2.04. The zero-order valence-corrected chi connectivity index (χ0v) is 9.86. The summed E-state index contributed by atoms with van der Waals surface area (Å²) < 4.78 is 9.66. The first-order valence-corrected chi connectivity index (χ1v) is 4.98. The van der Waals surface area contributed by atoms with Crippen LogP contribution in [0.4, 0.5) is 0 Å². The van der Waals surface area contributed by atoms with Gasteiger partial charge >= 0.3 is 11.9 Å². The monoisotopic (exact) mass is 228 g/mol. The fourth-order valence-electron chi connectivity index (χ4n) is 1.25. The molecule has 0 aliphatic carbocycles. The molecule has 5 heteroatoms. The second kappa shape index (κ2) is 3.90. The van der Waals surface area contributed by atoms with Gasteiger partial charge in [0.25, 0.3) is 0 Å². The predicted octanol–water partition coefficient (Wildman–Crippen LogP) is 0.562. The second-order valence-corrected chi connectivity index (χ2v) is 4.79. The van der Waals surface area contributed by atoms with Crippen LogP contribution in [0.1, 0.15) is 27.7 Å². The number of carbonyl (C=O) groups is 2. The van der Waals surface area contributed by atoms with Crippen molar-refractivity contribution in [2.45, 2.75) is 38.9 Å². The van der Waals surface area contributed by atoms with E-state index in [4.69, 9.17) is 4.74 Å². The maximum atomic E-state index is 11.7. The first-order chi connectivity index (χ1) is 7.14. The van der Waals surface area contributed by atoms with Gasteiger partial charge in [-0.1, -0.05) is 0 Å². The standard InChI is InChI=1S/C11H16O5/c1-10(2,3)16-9(13)11(4,14)7-5-6-15-8(7)12/h5,14H,6H2,1-4H3/t11-/m0/s1. The summed E-state index contributed by atoms with van der Waals surface area (Å²) in [5.74, 6) is -1.54. The van der Waals surface area contributed by atoms with Crippen molar-refractivity contribution < 1.29 is 24.2 Å². The summed E-state index contributed by atoms with van der Waals surface area (Å²) in [5.41, 5.74) is -2.74. The van der Waals surface area contributed by atoms with Gasteiger partial charge in [0.1, 0.15) is 12.2 Å². The summed E-state index contributed by atoms with van der Waals surface area (Å²) in [6, 6.07) is 0. The maximum absolute atomic E-state index is 11.7. The number of hydrogen-bond acceptors (Lipinski definition) is 5. The van der Waals surface area contributed by atoms with E-state index in [1.165, 1.54) is 13.0 Å². The molecule has 0 bridgehead atoms. The van der Waals surface area contributed by atoms with Gasteiger partial charge in [-0.05, 0) is 33.8 Å². The molecule has 90 valence electrons. The lowest BCUT2D eigenvalue weighted by Gasteiger charge is -2.27. The molecule has 1 heterocycles. The maximum Gasteiger partial charge on any atom is 0.343 e. The molecule has 0 radical (unpaired) electrons. The number of ether oxygens (including phenoxy) is 2. The highest BCUT2D eigenvalue weighted by atomic mass is 16.6. The Bertz CT molecular complexity index is 346. The average Bonchev–Trinajstić information content (AvgIpc) is 2.48. The number of cyclic esters (lactones) is 1. The Morgan fingerprint density at radius 3 is 2.38 bits per heavy atom. The molecule has 0 amide bonds. The zero-order valence-electron chi connectivity index (χ0n) is 9.86. The Kier molecular flexibility index (Phi) is 3.10. The molecule has 0 saturated carbocycles. The fraction of sp³-hybridized carbons (Fsp3) is 0.636. The van der Waals surface area contributed by atoms with Crippen LogP contribution in [-0.4, -0.2) is 34.9 Å². The summed E-state index contributed by atoms with van der Waals surface area (Å²) >= 11 is 0. The van der Waals surface area contributed by atoms with Crippen LogP contribution in [0, 0.1) is 0 Å². The average molecular weight is 228 g/mol. The van der Waals surface area contributed by atoms with Crippen molar-refractivity contribution in [3.05, 3.63) is 11.6 Å². The quantitative estimate of drug-likeness (QED) is 0.699. The highest BCUT2D eigenvalue weighted by Gasteiger charge is 2.44. The van der Waals surface area contributed by atoms with Crippen molar-refractivity contribution in [1.29, 1.82) is 0 Å². The summed E-state index contributed by atoms with van der Waals surface area (Å²) in [4.78, 5) is 22.9. The topological polar surface area (TPSA) is 72.8 Å². The van der Waals surface area contributed by atoms with E-state index in [1.54, 1.807) is 20.8 Å². The molecule has 16 heavy (non-hydrogen) atoms. The highest BCUT2D eigenvalue weighted by molar-refractivity contribution is 6.01. The largest absolute Gasteiger partial charge is 0.458 e. The van der Waals surface area contributed by atoms with Crippen molar-refractivity contribution in [3.63, 3.8) is 0 Å². The van der Waals surface area contributed by atoms with Gasteiger partial charge in [0.05, 0.1) is 5.57 Å². The zero-order chi connectivity index (χ0) is 12.6. The SMILES string of the molecule is CC(C)(C)OC(=O)[C@@](C)(O)C1=CCOC1=O. The van der Waals surface area contributed by atoms with E-state index in [1.807, 2.05) is 0 Å². The van der Waals surface area contributed by atoms with Gasteiger partial charge in [0, 0.05) is 0 Å². The van der Waals surface area contributed by atoms with Gasteiger partial charge in [0.2, 0.25) is 0 Å². The first kappa shape index (κ1) is 12.7.